The molecule has 7 heteroatoms. The molecule has 2 aromatic carbocycles. The van der Waals surface area contributed by atoms with Crippen molar-refractivity contribution in [2.75, 3.05) is 12.4 Å². The first kappa shape index (κ1) is 15.1. The van der Waals surface area contributed by atoms with Crippen molar-refractivity contribution in [3.63, 3.8) is 0 Å². The lowest BCUT2D eigenvalue weighted by molar-refractivity contribution is 0.0697. The monoisotopic (exact) mass is 329 g/mol. The zero-order valence-corrected chi connectivity index (χ0v) is 12.8. The number of ether oxygens (including phenoxy) is 1. The highest BCUT2D eigenvalue weighted by molar-refractivity contribution is 6.33. The Morgan fingerprint density at radius 1 is 1.22 bits per heavy atom. The van der Waals surface area contributed by atoms with E-state index in [9.17, 15) is 4.79 Å². The van der Waals surface area contributed by atoms with Crippen LogP contribution in [-0.2, 0) is 0 Å². The number of methoxy groups -OCH3 is 1. The number of nitrogens with one attached hydrogen (secondary N) is 1. The van der Waals surface area contributed by atoms with E-state index in [1.807, 2.05) is 6.07 Å². The van der Waals surface area contributed by atoms with Gasteiger partial charge in [0.05, 0.1) is 28.9 Å². The molecule has 3 aromatic rings. The van der Waals surface area contributed by atoms with E-state index in [1.54, 1.807) is 19.2 Å². The van der Waals surface area contributed by atoms with Gasteiger partial charge in [0.15, 0.2) is 0 Å². The van der Waals surface area contributed by atoms with Crippen molar-refractivity contribution < 1.29 is 14.6 Å². The molecule has 2 N–H and O–H groups in total. The Labute approximate surface area is 136 Å². The molecule has 0 fully saturated rings. The minimum Gasteiger partial charge on any atom is -0.497 e. The number of carbonyl (C=O) groups is 1. The highest BCUT2D eigenvalue weighted by Gasteiger charge is 2.10. The smallest absolute Gasteiger partial charge is 0.335 e. The minimum atomic E-state index is -1.03. The molecule has 0 saturated carbocycles. The number of anilines is 2. The minimum absolute atomic E-state index is 0.136. The highest BCUT2D eigenvalue weighted by Crippen LogP contribution is 2.30. The fourth-order valence-corrected chi connectivity index (χ4v) is 2.31. The second kappa shape index (κ2) is 6.10. The van der Waals surface area contributed by atoms with Gasteiger partial charge in [-0.25, -0.2) is 14.8 Å². The maximum atomic E-state index is 11.1. The highest BCUT2D eigenvalue weighted by atomic mass is 35.5. The van der Waals surface area contributed by atoms with Crippen LogP contribution >= 0.6 is 11.6 Å². The molecule has 0 aliphatic heterocycles. The maximum Gasteiger partial charge on any atom is 0.335 e. The number of nitrogens with zero attached hydrogens (tertiary/aromatic N) is 2. The van der Waals surface area contributed by atoms with Gasteiger partial charge in [-0.05, 0) is 30.3 Å². The Morgan fingerprint density at radius 3 is 2.78 bits per heavy atom. The van der Waals surface area contributed by atoms with Gasteiger partial charge in [0.1, 0.15) is 17.9 Å². The molecule has 0 aliphatic rings. The van der Waals surface area contributed by atoms with Gasteiger partial charge in [-0.2, -0.15) is 0 Å². The number of halogens is 1. The first-order valence-electron chi connectivity index (χ1n) is 6.67. The predicted octanol–water partition coefficient (Wildman–Crippen LogP) is 3.73. The molecule has 0 unspecified atom stereocenters. The third-order valence-electron chi connectivity index (χ3n) is 3.31. The van der Waals surface area contributed by atoms with Gasteiger partial charge < -0.3 is 15.2 Å². The van der Waals surface area contributed by atoms with E-state index >= 15 is 0 Å². The topological polar surface area (TPSA) is 84.3 Å². The van der Waals surface area contributed by atoms with Gasteiger partial charge in [-0.3, -0.25) is 0 Å². The number of hydrogen-bond acceptors (Lipinski definition) is 5. The molecule has 1 heterocycles. The molecule has 3 rings (SSSR count). The van der Waals surface area contributed by atoms with Crippen LogP contribution in [0, 0.1) is 0 Å². The zero-order chi connectivity index (χ0) is 16.4. The summed E-state index contributed by atoms with van der Waals surface area (Å²) >= 11 is 6.13. The average molecular weight is 330 g/mol. The van der Waals surface area contributed by atoms with Crippen LogP contribution in [0.25, 0.3) is 10.9 Å². The Bertz CT molecular complexity index is 899. The summed E-state index contributed by atoms with van der Waals surface area (Å²) < 4.78 is 5.17. The van der Waals surface area contributed by atoms with Crippen molar-refractivity contribution in [3.8, 4) is 5.75 Å². The molecule has 0 amide bonds. The number of fused-ring (bicyclic) bond motifs is 1. The average Bonchev–Trinajstić information content (AvgIpc) is 2.56. The fourth-order valence-electron chi connectivity index (χ4n) is 2.15. The van der Waals surface area contributed by atoms with E-state index in [4.69, 9.17) is 21.4 Å². The molecule has 0 atom stereocenters. The molecule has 23 heavy (non-hydrogen) atoms. The van der Waals surface area contributed by atoms with Gasteiger partial charge in [0.25, 0.3) is 0 Å². The lowest BCUT2D eigenvalue weighted by Gasteiger charge is -2.11. The quantitative estimate of drug-likeness (QED) is 0.758. The normalized spacial score (nSPS) is 10.5. The zero-order valence-electron chi connectivity index (χ0n) is 12.1. The summed E-state index contributed by atoms with van der Waals surface area (Å²) in [5, 5.41) is 13.3. The van der Waals surface area contributed by atoms with Gasteiger partial charge in [0, 0.05) is 11.5 Å². The Morgan fingerprint density at radius 2 is 2.04 bits per heavy atom. The number of hydrogen-bond donors (Lipinski definition) is 2. The van der Waals surface area contributed by atoms with Gasteiger partial charge in [-0.1, -0.05) is 11.6 Å². The lowest BCUT2D eigenvalue weighted by Crippen LogP contribution is -2.00. The number of carboxylic acids is 1. The molecule has 6 nitrogen and oxygen atoms in total. The number of rotatable bonds is 4. The van der Waals surface area contributed by atoms with E-state index in [-0.39, 0.29) is 5.56 Å². The standard InChI is InChI=1S/C16H12ClN3O3/c1-23-10-3-4-11-13(7-10)18-8-19-15(11)20-14-6-9(16(21)22)2-5-12(14)17/h2-8H,1H3,(H,21,22)(H,18,19,20). The molecule has 1 aromatic heterocycles. The second-order valence-corrected chi connectivity index (χ2v) is 5.14. The molecule has 0 spiro atoms. The summed E-state index contributed by atoms with van der Waals surface area (Å²) in [6.45, 7) is 0. The number of aromatic nitrogens is 2. The molecular weight excluding hydrogens is 318 g/mol. The summed E-state index contributed by atoms with van der Waals surface area (Å²) in [4.78, 5) is 19.5. The molecule has 0 aliphatic carbocycles. The van der Waals surface area contributed by atoms with Crippen LogP contribution in [0.3, 0.4) is 0 Å². The van der Waals surface area contributed by atoms with Crippen LogP contribution in [0.1, 0.15) is 10.4 Å². The SMILES string of the molecule is COc1ccc2c(Nc3cc(C(=O)O)ccc3Cl)ncnc2c1. The molecule has 116 valence electrons. The van der Waals surface area contributed by atoms with Crippen LogP contribution in [0.2, 0.25) is 5.02 Å². The third kappa shape index (κ3) is 3.02. The molecule has 0 bridgehead atoms. The summed E-state index contributed by atoms with van der Waals surface area (Å²) in [6, 6.07) is 9.84. The summed E-state index contributed by atoms with van der Waals surface area (Å²) in [5.74, 6) is 0.192. The van der Waals surface area contributed by atoms with Gasteiger partial charge in [-0.15, -0.1) is 0 Å². The van der Waals surface area contributed by atoms with Crippen LogP contribution < -0.4 is 10.1 Å². The van der Waals surface area contributed by atoms with Crippen LogP contribution in [0.4, 0.5) is 11.5 Å². The molecule has 0 saturated heterocycles. The van der Waals surface area contributed by atoms with Crippen molar-refractivity contribution in [1.29, 1.82) is 0 Å². The van der Waals surface area contributed by atoms with Crippen molar-refractivity contribution in [1.82, 2.24) is 9.97 Å². The predicted molar refractivity (Wildman–Crippen MR) is 87.8 cm³/mol. The number of aromatic carboxylic acids is 1. The van der Waals surface area contributed by atoms with Crippen molar-refractivity contribution in [2.24, 2.45) is 0 Å². The molecular formula is C16H12ClN3O3. The second-order valence-electron chi connectivity index (χ2n) is 4.73. The van der Waals surface area contributed by atoms with Gasteiger partial charge in [0.2, 0.25) is 0 Å². The Balaban J connectivity index is 2.05. The number of benzene rings is 2. The van der Waals surface area contributed by atoms with E-state index in [0.29, 0.717) is 27.8 Å². The van der Waals surface area contributed by atoms with Crippen molar-refractivity contribution >= 4 is 40.0 Å². The lowest BCUT2D eigenvalue weighted by atomic mass is 10.2. The van der Waals surface area contributed by atoms with Gasteiger partial charge >= 0.3 is 5.97 Å². The van der Waals surface area contributed by atoms with Crippen molar-refractivity contribution in [3.05, 3.63) is 53.3 Å². The Hall–Kier alpha value is -2.86. The van der Waals surface area contributed by atoms with Crippen molar-refractivity contribution in [2.45, 2.75) is 0 Å². The summed E-state index contributed by atoms with van der Waals surface area (Å²) in [6.07, 6.45) is 1.42. The Kier molecular flexibility index (Phi) is 3.99. The molecule has 0 radical (unpaired) electrons. The van der Waals surface area contributed by atoms with E-state index in [0.717, 1.165) is 5.39 Å². The fraction of sp³-hybridized carbons (Fsp3) is 0.0625. The first-order valence-corrected chi connectivity index (χ1v) is 7.05. The van der Waals surface area contributed by atoms with E-state index in [1.165, 1.54) is 24.5 Å². The maximum absolute atomic E-state index is 11.1. The largest absolute Gasteiger partial charge is 0.497 e. The first-order chi connectivity index (χ1) is 11.1. The van der Waals surface area contributed by atoms with Crippen LogP contribution in [0.15, 0.2) is 42.7 Å². The van der Waals surface area contributed by atoms with Crippen LogP contribution in [-0.4, -0.2) is 28.2 Å². The number of carboxylic acid groups (broad SMARTS) is 1. The summed E-state index contributed by atoms with van der Waals surface area (Å²) in [7, 11) is 1.58. The third-order valence-corrected chi connectivity index (χ3v) is 3.64. The van der Waals surface area contributed by atoms with E-state index < -0.39 is 5.97 Å². The summed E-state index contributed by atoms with van der Waals surface area (Å²) in [5.41, 5.74) is 1.30. The van der Waals surface area contributed by atoms with E-state index in [2.05, 4.69) is 15.3 Å². The van der Waals surface area contributed by atoms with Crippen LogP contribution in [0.5, 0.6) is 5.75 Å².